The third-order valence-corrected chi connectivity index (χ3v) is 9.75. The van der Waals surface area contributed by atoms with E-state index in [0.29, 0.717) is 35.8 Å². The first-order chi connectivity index (χ1) is 22.4. The van der Waals surface area contributed by atoms with Crippen molar-refractivity contribution < 1.29 is 35.3 Å². The van der Waals surface area contributed by atoms with Gasteiger partial charge in [0.05, 0.1) is 19.9 Å². The molecule has 0 bridgehead atoms. The molecule has 13 heteroatoms. The van der Waals surface area contributed by atoms with Crippen LogP contribution < -0.4 is 28.6 Å². The van der Waals surface area contributed by atoms with Crippen molar-refractivity contribution in [2.24, 2.45) is 0 Å². The van der Waals surface area contributed by atoms with Gasteiger partial charge in [-0.3, -0.25) is 9.52 Å². The second-order valence-electron chi connectivity index (χ2n) is 10.3. The summed E-state index contributed by atoms with van der Waals surface area (Å²) in [5.74, 6) is 0.200. The number of ether oxygens (including phenoxy) is 2. The topological polar surface area (TPSA) is 140 Å². The van der Waals surface area contributed by atoms with Crippen LogP contribution in [0.5, 0.6) is 17.2 Å². The highest BCUT2D eigenvalue weighted by Crippen LogP contribution is 2.32. The van der Waals surface area contributed by atoms with Crippen molar-refractivity contribution in [1.82, 2.24) is 0 Å². The number of carbonyl (C=O) groups is 1. The molecule has 0 aliphatic rings. The van der Waals surface area contributed by atoms with Crippen LogP contribution in [0.25, 0.3) is 6.08 Å². The van der Waals surface area contributed by atoms with Gasteiger partial charge in [0.25, 0.3) is 10.0 Å². The fourth-order valence-corrected chi connectivity index (χ4v) is 6.84. The zero-order valence-corrected chi connectivity index (χ0v) is 28.3. The number of hydrogen-bond donors (Lipinski definition) is 2. The largest absolute Gasteiger partial charge is 0.497 e. The number of nitrogens with zero attached hydrogens (tertiary/aromatic N) is 1. The number of benzene rings is 4. The van der Waals surface area contributed by atoms with E-state index in [4.69, 9.17) is 13.7 Å². The first-order valence-corrected chi connectivity index (χ1v) is 17.5. The van der Waals surface area contributed by atoms with E-state index in [0.717, 1.165) is 5.56 Å². The molecule has 0 aliphatic heterocycles. The lowest BCUT2D eigenvalue weighted by Crippen LogP contribution is -2.25. The Labute approximate surface area is 276 Å². The molecule has 0 fully saturated rings. The molecule has 4 aromatic carbocycles. The summed E-state index contributed by atoms with van der Waals surface area (Å²) >= 11 is 0. The molecule has 0 spiro atoms. The molecule has 0 atom stereocenters. The monoisotopic (exact) mass is 679 g/mol. The number of anilines is 3. The van der Waals surface area contributed by atoms with Crippen LogP contribution in [0.3, 0.4) is 0 Å². The molecule has 0 saturated heterocycles. The lowest BCUT2D eigenvalue weighted by Gasteiger charge is -2.24. The van der Waals surface area contributed by atoms with E-state index < -0.39 is 26.0 Å². The lowest BCUT2D eigenvalue weighted by atomic mass is 10.2. The predicted octanol–water partition coefficient (Wildman–Crippen LogP) is 6.08. The van der Waals surface area contributed by atoms with Crippen LogP contribution in [0, 0.1) is 6.92 Å². The summed E-state index contributed by atoms with van der Waals surface area (Å²) in [5, 5.41) is 2.71. The van der Waals surface area contributed by atoms with Gasteiger partial charge < -0.3 is 23.9 Å². The normalized spacial score (nSPS) is 11.6. The number of aryl methyl sites for hydroxylation is 1. The van der Waals surface area contributed by atoms with Crippen LogP contribution in [0.2, 0.25) is 0 Å². The molecular weight excluding hydrogens is 643 g/mol. The van der Waals surface area contributed by atoms with Gasteiger partial charge in [-0.2, -0.15) is 8.42 Å². The highest BCUT2D eigenvalue weighted by Gasteiger charge is 2.23. The molecule has 0 heterocycles. The molecule has 0 radical (unpaired) electrons. The van der Waals surface area contributed by atoms with Gasteiger partial charge in [0.15, 0.2) is 11.5 Å². The number of nitrogens with one attached hydrogen (secondary N) is 2. The third kappa shape index (κ3) is 8.83. The molecular formula is C34H37N3O8S2. The SMILES string of the molecule is CCN(CC)c1ccc(NC(=O)C=Cc2ccc(OS(=O)(=O)c3ccc(C)cc3)c(OC)c2)cc1S(=O)(=O)Nc1ccc(OC)cc1. The van der Waals surface area contributed by atoms with E-state index in [1.165, 1.54) is 56.7 Å². The van der Waals surface area contributed by atoms with Gasteiger partial charge in [0.1, 0.15) is 15.5 Å². The van der Waals surface area contributed by atoms with Crippen LogP contribution in [-0.2, 0) is 24.9 Å². The number of hydrogen-bond acceptors (Lipinski definition) is 9. The van der Waals surface area contributed by atoms with Crippen molar-refractivity contribution in [1.29, 1.82) is 0 Å². The Hall–Kier alpha value is -5.01. The molecule has 2 N–H and O–H groups in total. The summed E-state index contributed by atoms with van der Waals surface area (Å²) in [5.41, 5.74) is 2.55. The van der Waals surface area contributed by atoms with Crippen molar-refractivity contribution in [3.05, 3.63) is 102 Å². The van der Waals surface area contributed by atoms with Crippen LogP contribution >= 0.6 is 0 Å². The van der Waals surface area contributed by atoms with E-state index >= 15 is 0 Å². The summed E-state index contributed by atoms with van der Waals surface area (Å²) in [7, 11) is -5.26. The summed E-state index contributed by atoms with van der Waals surface area (Å²) in [4.78, 5) is 14.8. The first kappa shape index (κ1) is 34.9. The molecule has 0 aliphatic carbocycles. The van der Waals surface area contributed by atoms with Crippen molar-refractivity contribution >= 4 is 49.2 Å². The Morgan fingerprint density at radius 2 is 1.45 bits per heavy atom. The second-order valence-corrected chi connectivity index (χ2v) is 13.5. The molecule has 0 unspecified atom stereocenters. The van der Waals surface area contributed by atoms with E-state index in [-0.39, 0.29) is 27.0 Å². The Bertz CT molecular complexity index is 1960. The van der Waals surface area contributed by atoms with Crippen molar-refractivity contribution in [2.75, 3.05) is 42.2 Å². The van der Waals surface area contributed by atoms with Gasteiger partial charge in [-0.1, -0.05) is 23.8 Å². The standard InChI is InChI=1S/C34H37N3O8S2/c1-6-37(7-2)30-19-14-27(23-33(30)46(39,40)36-26-12-15-28(43-4)16-13-26)35-34(38)21-11-25-10-20-31(32(22-25)44-5)45-47(41,42)29-17-8-24(3)9-18-29/h8-23,36H,6-7H2,1-5H3,(H,35,38). The third-order valence-electron chi connectivity index (χ3n) is 7.09. The van der Waals surface area contributed by atoms with Gasteiger partial charge in [-0.25, -0.2) is 8.42 Å². The maximum atomic E-state index is 13.6. The summed E-state index contributed by atoms with van der Waals surface area (Å²) < 4.78 is 71.1. The average molecular weight is 680 g/mol. The van der Waals surface area contributed by atoms with Gasteiger partial charge in [0, 0.05) is 30.5 Å². The molecule has 0 aromatic heterocycles. The highest BCUT2D eigenvalue weighted by molar-refractivity contribution is 7.93. The predicted molar refractivity (Wildman–Crippen MR) is 183 cm³/mol. The number of carbonyl (C=O) groups excluding carboxylic acids is 1. The number of sulfonamides is 1. The number of methoxy groups -OCH3 is 2. The van der Waals surface area contributed by atoms with Crippen molar-refractivity contribution in [3.63, 3.8) is 0 Å². The Balaban J connectivity index is 1.53. The zero-order chi connectivity index (χ0) is 34.2. The van der Waals surface area contributed by atoms with Crippen molar-refractivity contribution in [3.8, 4) is 17.2 Å². The van der Waals surface area contributed by atoms with E-state index in [1.54, 1.807) is 54.6 Å². The Morgan fingerprint density at radius 1 is 0.787 bits per heavy atom. The smallest absolute Gasteiger partial charge is 0.339 e. The number of rotatable bonds is 14. The van der Waals surface area contributed by atoms with Crippen molar-refractivity contribution in [2.45, 2.75) is 30.6 Å². The summed E-state index contributed by atoms with van der Waals surface area (Å²) in [6, 6.07) is 22.0. The maximum Gasteiger partial charge on any atom is 0.339 e. The van der Waals surface area contributed by atoms with E-state index in [9.17, 15) is 21.6 Å². The van der Waals surface area contributed by atoms with Crippen LogP contribution in [0.15, 0.2) is 101 Å². The van der Waals surface area contributed by atoms with Gasteiger partial charge >= 0.3 is 10.1 Å². The summed E-state index contributed by atoms with van der Waals surface area (Å²) in [6.45, 7) is 6.84. The van der Waals surface area contributed by atoms with Crippen LogP contribution in [-0.4, -0.2) is 50.1 Å². The minimum absolute atomic E-state index is 0.000266. The molecule has 4 aromatic rings. The minimum atomic E-state index is -4.10. The van der Waals surface area contributed by atoms with E-state index in [1.807, 2.05) is 25.7 Å². The number of amides is 1. The maximum absolute atomic E-state index is 13.6. The summed E-state index contributed by atoms with van der Waals surface area (Å²) in [6.07, 6.45) is 2.77. The Kier molecular flexibility index (Phi) is 11.2. The quantitative estimate of drug-likeness (QED) is 0.120. The van der Waals surface area contributed by atoms with Gasteiger partial charge in [0.2, 0.25) is 5.91 Å². The molecule has 11 nitrogen and oxygen atoms in total. The zero-order valence-electron chi connectivity index (χ0n) is 26.7. The lowest BCUT2D eigenvalue weighted by molar-refractivity contribution is -0.111. The molecule has 47 heavy (non-hydrogen) atoms. The molecule has 248 valence electrons. The molecule has 4 rings (SSSR count). The first-order valence-electron chi connectivity index (χ1n) is 14.6. The van der Waals surface area contributed by atoms with Gasteiger partial charge in [-0.15, -0.1) is 0 Å². The van der Waals surface area contributed by atoms with Crippen LogP contribution in [0.1, 0.15) is 25.0 Å². The fourth-order valence-electron chi connectivity index (χ4n) is 4.59. The Morgan fingerprint density at radius 3 is 2.06 bits per heavy atom. The van der Waals surface area contributed by atoms with Crippen LogP contribution in [0.4, 0.5) is 17.1 Å². The van der Waals surface area contributed by atoms with Gasteiger partial charge in [-0.05, 0) is 99.1 Å². The van der Waals surface area contributed by atoms with E-state index in [2.05, 4.69) is 10.0 Å². The molecule has 1 amide bonds. The molecule has 0 saturated carbocycles. The second kappa shape index (κ2) is 15.1. The minimum Gasteiger partial charge on any atom is -0.497 e. The average Bonchev–Trinajstić information content (AvgIpc) is 3.05. The highest BCUT2D eigenvalue weighted by atomic mass is 32.2. The fraction of sp³-hybridized carbons (Fsp3) is 0.206.